The van der Waals surface area contributed by atoms with Gasteiger partial charge in [-0.15, -0.1) is 0 Å². The zero-order valence-corrected chi connectivity index (χ0v) is 20.7. The van der Waals surface area contributed by atoms with E-state index in [4.69, 9.17) is 19.3 Å². The number of carboxylic acid groups (broad SMARTS) is 1. The number of rotatable bonds is 8. The van der Waals surface area contributed by atoms with Gasteiger partial charge in [0.2, 0.25) is 0 Å². The third kappa shape index (κ3) is 5.29. The minimum absolute atomic E-state index is 0.0177. The second-order valence-corrected chi connectivity index (χ2v) is 11.3. The van der Waals surface area contributed by atoms with Crippen molar-refractivity contribution >= 4 is 30.0 Å². The molecule has 1 atom stereocenters. The molecule has 0 spiro atoms. The number of aromatic nitrogens is 1. The second-order valence-electron chi connectivity index (χ2n) is 9.00. The van der Waals surface area contributed by atoms with E-state index in [-0.39, 0.29) is 31.4 Å². The summed E-state index contributed by atoms with van der Waals surface area (Å²) in [6.07, 6.45) is 3.57. The predicted molar refractivity (Wildman–Crippen MR) is 121 cm³/mol. The van der Waals surface area contributed by atoms with Gasteiger partial charge in [-0.25, -0.2) is 0 Å². The molecule has 0 bridgehead atoms. The number of methoxy groups -OCH3 is 1. The van der Waals surface area contributed by atoms with Crippen LogP contribution in [0.3, 0.4) is 0 Å². The van der Waals surface area contributed by atoms with E-state index in [9.17, 15) is 4.79 Å². The van der Waals surface area contributed by atoms with Crippen LogP contribution in [0, 0.1) is 0 Å². The van der Waals surface area contributed by atoms with E-state index in [0.717, 1.165) is 27.6 Å². The van der Waals surface area contributed by atoms with E-state index in [1.165, 1.54) is 17.3 Å². The summed E-state index contributed by atoms with van der Waals surface area (Å²) in [6.45, 7) is 10.7. The summed E-state index contributed by atoms with van der Waals surface area (Å²) in [7, 11) is 1.57. The van der Waals surface area contributed by atoms with Gasteiger partial charge in [-0.05, 0) is 0 Å². The molecule has 1 unspecified atom stereocenters. The number of carboxylic acids is 1. The maximum atomic E-state index is 11.1. The number of ether oxygens (including phenoxy) is 3. The first-order valence-electron chi connectivity index (χ1n) is 10.4. The van der Waals surface area contributed by atoms with Gasteiger partial charge in [-0.2, -0.15) is 0 Å². The van der Waals surface area contributed by atoms with Gasteiger partial charge >= 0.3 is 190 Å². The zero-order chi connectivity index (χ0) is 22.8. The molecule has 31 heavy (non-hydrogen) atoms. The van der Waals surface area contributed by atoms with Crippen LogP contribution in [0.5, 0.6) is 5.75 Å². The summed E-state index contributed by atoms with van der Waals surface area (Å²) in [4.78, 5) is 15.5. The molecule has 0 saturated heterocycles. The van der Waals surface area contributed by atoms with Gasteiger partial charge in [-0.1, -0.05) is 0 Å². The molecule has 1 aromatic heterocycles. The van der Waals surface area contributed by atoms with Crippen LogP contribution in [-0.2, 0) is 20.3 Å². The average molecular weight is 492 g/mol. The molecule has 7 heteroatoms. The first kappa shape index (κ1) is 23.7. The minimum atomic E-state index is -0.971. The molecule has 168 valence electrons. The third-order valence-corrected chi connectivity index (χ3v) is 7.72. The summed E-state index contributed by atoms with van der Waals surface area (Å²) in [6, 6.07) is 7.74. The van der Waals surface area contributed by atoms with Gasteiger partial charge in [0.25, 0.3) is 0 Å². The Labute approximate surface area is 190 Å². The molecule has 0 amide bonds. The number of carbonyl (C=O) groups is 1. The fourth-order valence-electron chi connectivity index (χ4n) is 3.94. The SMILES string of the molecule is CCOC(OC)Oc1cc([Se]c2ccc(C(=O)O)cn2)cc2c1C(C)(C)CCC2(C)C. The molecule has 1 aliphatic carbocycles. The number of benzene rings is 1. The number of hydrogen-bond donors (Lipinski definition) is 1. The van der Waals surface area contributed by atoms with Crippen molar-refractivity contribution in [3.05, 3.63) is 47.2 Å². The fourth-order valence-corrected chi connectivity index (χ4v) is 5.67. The first-order chi connectivity index (χ1) is 14.6. The monoisotopic (exact) mass is 493 g/mol. The quantitative estimate of drug-likeness (QED) is 0.451. The van der Waals surface area contributed by atoms with Crippen molar-refractivity contribution in [1.82, 2.24) is 4.98 Å². The molecule has 0 saturated carbocycles. The molecule has 1 aromatic carbocycles. The van der Waals surface area contributed by atoms with Crippen molar-refractivity contribution in [3.8, 4) is 5.75 Å². The Balaban J connectivity index is 2.06. The van der Waals surface area contributed by atoms with Crippen LogP contribution in [0.15, 0.2) is 30.5 Å². The number of hydrogen-bond acceptors (Lipinski definition) is 5. The van der Waals surface area contributed by atoms with Gasteiger partial charge in [0.15, 0.2) is 0 Å². The maximum absolute atomic E-state index is 11.1. The molecule has 3 rings (SSSR count). The van der Waals surface area contributed by atoms with Crippen molar-refractivity contribution in [2.75, 3.05) is 13.7 Å². The van der Waals surface area contributed by atoms with Crippen LogP contribution in [-0.4, -0.2) is 51.2 Å². The van der Waals surface area contributed by atoms with Crippen LogP contribution in [0.4, 0.5) is 0 Å². The third-order valence-electron chi connectivity index (χ3n) is 5.78. The topological polar surface area (TPSA) is 77.9 Å². The normalized spacial score (nSPS) is 17.6. The van der Waals surface area contributed by atoms with Gasteiger partial charge in [0.05, 0.1) is 0 Å². The molecule has 1 N–H and O–H groups in total. The van der Waals surface area contributed by atoms with Gasteiger partial charge in [0.1, 0.15) is 0 Å². The molecular weight excluding hydrogens is 461 g/mol. The van der Waals surface area contributed by atoms with E-state index >= 15 is 0 Å². The predicted octanol–water partition coefficient (Wildman–Crippen LogP) is 3.13. The molecule has 0 radical (unpaired) electrons. The Kier molecular flexibility index (Phi) is 7.11. The number of aromatic carboxylic acids is 1. The summed E-state index contributed by atoms with van der Waals surface area (Å²) >= 11 is -0.101. The van der Waals surface area contributed by atoms with E-state index in [1.807, 2.05) is 6.92 Å². The Morgan fingerprint density at radius 1 is 1.19 bits per heavy atom. The summed E-state index contributed by atoms with van der Waals surface area (Å²) < 4.78 is 19.2. The van der Waals surface area contributed by atoms with E-state index in [1.54, 1.807) is 19.2 Å². The van der Waals surface area contributed by atoms with E-state index in [2.05, 4.69) is 44.8 Å². The van der Waals surface area contributed by atoms with Crippen molar-refractivity contribution in [1.29, 1.82) is 0 Å². The molecular formula is C24H31NO5Se. The molecule has 1 aliphatic rings. The van der Waals surface area contributed by atoms with E-state index in [0.29, 0.717) is 6.61 Å². The average Bonchev–Trinajstić information content (AvgIpc) is 2.71. The van der Waals surface area contributed by atoms with Gasteiger partial charge in [0, 0.05) is 0 Å². The Morgan fingerprint density at radius 2 is 1.90 bits per heavy atom. The Morgan fingerprint density at radius 3 is 2.48 bits per heavy atom. The molecule has 1 heterocycles. The summed E-state index contributed by atoms with van der Waals surface area (Å²) in [5.41, 5.74) is 2.67. The number of pyridine rings is 1. The van der Waals surface area contributed by atoms with Crippen LogP contribution < -0.4 is 13.8 Å². The van der Waals surface area contributed by atoms with Crippen molar-refractivity contribution in [2.24, 2.45) is 0 Å². The van der Waals surface area contributed by atoms with Crippen LogP contribution in [0.1, 0.15) is 68.9 Å². The number of nitrogens with zero attached hydrogens (tertiary/aromatic N) is 1. The molecule has 6 nitrogen and oxygen atoms in total. The zero-order valence-electron chi connectivity index (χ0n) is 19.0. The van der Waals surface area contributed by atoms with Crippen LogP contribution in [0.2, 0.25) is 0 Å². The van der Waals surface area contributed by atoms with Crippen molar-refractivity contribution in [2.45, 2.75) is 64.8 Å². The number of fused-ring (bicyclic) bond motifs is 1. The van der Waals surface area contributed by atoms with Crippen molar-refractivity contribution in [3.63, 3.8) is 0 Å². The van der Waals surface area contributed by atoms with Gasteiger partial charge in [-0.3, -0.25) is 0 Å². The Bertz CT molecular complexity index is 940. The molecule has 2 aromatic rings. The molecule has 0 fully saturated rings. The Hall–Kier alpha value is -1.92. The molecule has 0 aliphatic heterocycles. The van der Waals surface area contributed by atoms with Crippen molar-refractivity contribution < 1.29 is 24.1 Å². The van der Waals surface area contributed by atoms with E-state index < -0.39 is 12.4 Å². The fraction of sp³-hybridized carbons (Fsp3) is 0.500. The van der Waals surface area contributed by atoms with Crippen LogP contribution >= 0.6 is 0 Å². The first-order valence-corrected chi connectivity index (χ1v) is 12.2. The van der Waals surface area contributed by atoms with Crippen LogP contribution in [0.25, 0.3) is 0 Å². The van der Waals surface area contributed by atoms with Gasteiger partial charge < -0.3 is 0 Å². The summed E-state index contributed by atoms with van der Waals surface area (Å²) in [5, 5.41) is 9.12. The summed E-state index contributed by atoms with van der Waals surface area (Å²) in [5.74, 6) is -0.184. The standard InChI is InChI=1S/C24H31NO5Se/c1-7-29-22(28-6)30-18-13-16(31-19-9-8-15(14-25-19)21(26)27)12-17-20(18)24(4,5)11-10-23(17,2)3/h8-9,12-14,22H,7,10-11H2,1-6H3,(H,26,27). The second kappa shape index (κ2) is 9.29.